The predicted octanol–water partition coefficient (Wildman–Crippen LogP) is 2.69. The largest absolute Gasteiger partial charge is 0.390 e. The van der Waals surface area contributed by atoms with Crippen molar-refractivity contribution in [3.8, 4) is 0 Å². The molecule has 0 saturated carbocycles. The third kappa shape index (κ3) is 10.0. The molecule has 0 heterocycles. The minimum Gasteiger partial charge on any atom is -0.390 e. The zero-order valence-corrected chi connectivity index (χ0v) is 13.6. The molecular formula is C14H32B2O2. The van der Waals surface area contributed by atoms with Gasteiger partial charge in [0.1, 0.15) is 7.17 Å². The number of ether oxygens (including phenoxy) is 1. The molecule has 106 valence electrons. The van der Waals surface area contributed by atoms with E-state index in [0.29, 0.717) is 18.3 Å². The molecule has 0 aromatic carbocycles. The molecule has 0 rings (SSSR count). The standard InChI is InChI=1S/C14H32B2O2/c1-8-9-12(2,3)15-16-14(6,7)18-11-10-13(4,5)17/h15-17H,8-11H2,1-7H3. The third-order valence-electron chi connectivity index (χ3n) is 3.54. The quantitative estimate of drug-likeness (QED) is 0.641. The summed E-state index contributed by atoms with van der Waals surface area (Å²) in [6, 6.07) is 0. The summed E-state index contributed by atoms with van der Waals surface area (Å²) in [4.78, 5) is 0. The zero-order valence-electron chi connectivity index (χ0n) is 13.6. The summed E-state index contributed by atoms with van der Waals surface area (Å²) in [6.07, 6.45) is 3.20. The highest BCUT2D eigenvalue weighted by Gasteiger charge is 2.27. The average molecular weight is 254 g/mol. The Morgan fingerprint density at radius 1 is 0.944 bits per heavy atom. The van der Waals surface area contributed by atoms with Gasteiger partial charge in [0.15, 0.2) is 0 Å². The van der Waals surface area contributed by atoms with Crippen molar-refractivity contribution in [2.24, 2.45) is 0 Å². The Hall–Kier alpha value is 0.0499. The van der Waals surface area contributed by atoms with E-state index in [4.69, 9.17) is 4.74 Å². The molecule has 1 N–H and O–H groups in total. The van der Waals surface area contributed by atoms with Crippen LogP contribution in [0, 0.1) is 0 Å². The number of hydrogen-bond donors (Lipinski definition) is 1. The molecule has 0 spiro atoms. The van der Waals surface area contributed by atoms with Gasteiger partial charge < -0.3 is 9.84 Å². The molecule has 0 saturated heterocycles. The zero-order chi connectivity index (χ0) is 14.4. The minimum atomic E-state index is -0.627. The van der Waals surface area contributed by atoms with Crippen molar-refractivity contribution in [1.82, 2.24) is 0 Å². The first-order valence-corrected chi connectivity index (χ1v) is 7.34. The van der Waals surface area contributed by atoms with Crippen molar-refractivity contribution in [2.75, 3.05) is 6.61 Å². The van der Waals surface area contributed by atoms with Crippen molar-refractivity contribution >= 4 is 14.3 Å². The Bertz CT molecular complexity index is 232. The molecule has 0 bridgehead atoms. The van der Waals surface area contributed by atoms with E-state index in [2.05, 4.69) is 34.6 Å². The lowest BCUT2D eigenvalue weighted by molar-refractivity contribution is -0.00672. The SMILES string of the molecule is CCCC(C)(C)BBC(C)(C)OCCC(C)(C)O. The number of rotatable bonds is 9. The van der Waals surface area contributed by atoms with Crippen molar-refractivity contribution in [3.63, 3.8) is 0 Å². The van der Waals surface area contributed by atoms with Crippen LogP contribution in [0.1, 0.15) is 67.7 Å². The van der Waals surface area contributed by atoms with E-state index in [1.54, 1.807) is 0 Å². The summed E-state index contributed by atoms with van der Waals surface area (Å²) < 4.78 is 5.92. The summed E-state index contributed by atoms with van der Waals surface area (Å²) >= 11 is 0. The Labute approximate surface area is 115 Å². The second-order valence-electron chi connectivity index (χ2n) is 7.58. The summed E-state index contributed by atoms with van der Waals surface area (Å²) in [6.45, 7) is 15.5. The van der Waals surface area contributed by atoms with E-state index in [1.165, 1.54) is 20.0 Å². The summed E-state index contributed by atoms with van der Waals surface area (Å²) in [5, 5.41) is 10.1. The van der Waals surface area contributed by atoms with Crippen molar-refractivity contribution in [2.45, 2.75) is 84.1 Å². The van der Waals surface area contributed by atoms with Crippen molar-refractivity contribution < 1.29 is 9.84 Å². The first-order valence-electron chi connectivity index (χ1n) is 7.34. The molecule has 4 heteroatoms. The van der Waals surface area contributed by atoms with Gasteiger partial charge in [-0.25, -0.2) is 0 Å². The lowest BCUT2D eigenvalue weighted by atomic mass is 9.24. The van der Waals surface area contributed by atoms with Gasteiger partial charge in [0, 0.05) is 12.1 Å². The van der Waals surface area contributed by atoms with Crippen LogP contribution in [-0.2, 0) is 4.74 Å². The van der Waals surface area contributed by atoms with Gasteiger partial charge in [0.2, 0.25) is 0 Å². The number of hydrogen-bond acceptors (Lipinski definition) is 2. The Kier molecular flexibility index (Phi) is 7.02. The van der Waals surface area contributed by atoms with Gasteiger partial charge in [0.25, 0.3) is 0 Å². The fourth-order valence-electron chi connectivity index (χ4n) is 2.09. The molecule has 18 heavy (non-hydrogen) atoms. The molecule has 0 aromatic rings. The smallest absolute Gasteiger partial charge is 0.127 e. The highest BCUT2D eigenvalue weighted by Crippen LogP contribution is 2.29. The fraction of sp³-hybridized carbons (Fsp3) is 1.00. The molecule has 0 fully saturated rings. The van der Waals surface area contributed by atoms with Gasteiger partial charge in [-0.3, -0.25) is 0 Å². The maximum atomic E-state index is 9.66. The average Bonchev–Trinajstić information content (AvgIpc) is 2.13. The van der Waals surface area contributed by atoms with E-state index in [1.807, 2.05) is 13.8 Å². The van der Waals surface area contributed by atoms with Gasteiger partial charge in [0.05, 0.1) is 12.8 Å². The van der Waals surface area contributed by atoms with Crippen LogP contribution in [0.5, 0.6) is 0 Å². The van der Waals surface area contributed by atoms with E-state index >= 15 is 0 Å². The van der Waals surface area contributed by atoms with Crippen molar-refractivity contribution in [3.05, 3.63) is 0 Å². The molecule has 0 aliphatic carbocycles. The molecule has 0 amide bonds. The van der Waals surface area contributed by atoms with E-state index in [-0.39, 0.29) is 5.50 Å². The van der Waals surface area contributed by atoms with E-state index in [0.717, 1.165) is 7.17 Å². The highest BCUT2D eigenvalue weighted by atomic mass is 16.5. The lowest BCUT2D eigenvalue weighted by Crippen LogP contribution is -2.40. The van der Waals surface area contributed by atoms with E-state index in [9.17, 15) is 5.11 Å². The monoisotopic (exact) mass is 254 g/mol. The van der Waals surface area contributed by atoms with Crippen LogP contribution in [0.2, 0.25) is 5.31 Å². The molecular weight excluding hydrogens is 222 g/mol. The molecule has 2 nitrogen and oxygen atoms in total. The summed E-state index contributed by atoms with van der Waals surface area (Å²) in [5.74, 6) is 0. The predicted molar refractivity (Wildman–Crippen MR) is 84.2 cm³/mol. The van der Waals surface area contributed by atoms with Gasteiger partial charge in [-0.1, -0.05) is 38.9 Å². The van der Waals surface area contributed by atoms with Crippen LogP contribution in [0.3, 0.4) is 0 Å². The molecule has 0 atom stereocenters. The van der Waals surface area contributed by atoms with Crippen LogP contribution in [0.25, 0.3) is 0 Å². The first-order chi connectivity index (χ1) is 7.97. The van der Waals surface area contributed by atoms with Crippen LogP contribution >= 0.6 is 0 Å². The third-order valence-corrected chi connectivity index (χ3v) is 3.54. The first kappa shape index (κ1) is 18.0. The maximum absolute atomic E-state index is 9.66. The molecule has 0 unspecified atom stereocenters. The lowest BCUT2D eigenvalue weighted by Gasteiger charge is -2.30. The van der Waals surface area contributed by atoms with Gasteiger partial charge in [-0.15, -0.1) is 0 Å². The van der Waals surface area contributed by atoms with Crippen LogP contribution in [0.15, 0.2) is 0 Å². The van der Waals surface area contributed by atoms with Gasteiger partial charge in [-0.2, -0.15) is 0 Å². The Balaban J connectivity index is 4.00. The van der Waals surface area contributed by atoms with Crippen molar-refractivity contribution in [1.29, 1.82) is 0 Å². The maximum Gasteiger partial charge on any atom is 0.127 e. The van der Waals surface area contributed by atoms with E-state index < -0.39 is 5.60 Å². The normalized spacial score (nSPS) is 13.6. The van der Waals surface area contributed by atoms with Crippen LogP contribution < -0.4 is 0 Å². The van der Waals surface area contributed by atoms with Crippen LogP contribution in [0.4, 0.5) is 0 Å². The van der Waals surface area contributed by atoms with Gasteiger partial charge >= 0.3 is 0 Å². The second-order valence-corrected chi connectivity index (χ2v) is 7.58. The highest BCUT2D eigenvalue weighted by molar-refractivity contribution is 7.03. The summed E-state index contributed by atoms with van der Waals surface area (Å²) in [7, 11) is 2.27. The Morgan fingerprint density at radius 3 is 1.94 bits per heavy atom. The summed E-state index contributed by atoms with van der Waals surface area (Å²) in [5.41, 5.74) is -0.714. The van der Waals surface area contributed by atoms with Gasteiger partial charge in [-0.05, 0) is 34.1 Å². The molecule has 0 radical (unpaired) electrons. The topological polar surface area (TPSA) is 29.5 Å². The Morgan fingerprint density at radius 2 is 1.50 bits per heavy atom. The van der Waals surface area contributed by atoms with Crippen LogP contribution in [-0.4, -0.2) is 37.2 Å². The molecule has 0 aliphatic rings. The fourth-order valence-corrected chi connectivity index (χ4v) is 2.09. The second kappa shape index (κ2) is 7.00. The number of aliphatic hydroxyl groups is 1. The molecule has 0 aromatic heterocycles. The molecule has 0 aliphatic heterocycles. The minimum absolute atomic E-state index is 0.0870.